The molecule has 0 radical (unpaired) electrons. The van der Waals surface area contributed by atoms with Crippen molar-refractivity contribution in [2.45, 2.75) is 51.6 Å². The topological polar surface area (TPSA) is 94.4 Å². The molecule has 2 aliphatic rings. The largest absolute Gasteiger partial charge is 0.492 e. The third kappa shape index (κ3) is 3.94. The summed E-state index contributed by atoms with van der Waals surface area (Å²) in [5.41, 5.74) is 0.811. The second-order valence-electron chi connectivity index (χ2n) is 8.65. The number of nitriles is 1. The minimum Gasteiger partial charge on any atom is -0.492 e. The van der Waals surface area contributed by atoms with Crippen molar-refractivity contribution < 1.29 is 4.74 Å². The van der Waals surface area contributed by atoms with Crippen molar-refractivity contribution >= 4 is 16.6 Å². The summed E-state index contributed by atoms with van der Waals surface area (Å²) >= 11 is 0. The maximum Gasteiger partial charge on any atom is 0.329 e. The number of fused-ring (bicyclic) bond motifs is 1. The number of hydrogen-bond donors (Lipinski definition) is 1. The van der Waals surface area contributed by atoms with E-state index < -0.39 is 0 Å². The maximum absolute atomic E-state index is 12.6. The van der Waals surface area contributed by atoms with Gasteiger partial charge in [0.2, 0.25) is 0 Å². The first-order valence-corrected chi connectivity index (χ1v) is 11.2. The van der Waals surface area contributed by atoms with Gasteiger partial charge in [-0.1, -0.05) is 6.92 Å². The van der Waals surface area contributed by atoms with Crippen LogP contribution in [0.1, 0.15) is 45.6 Å². The second-order valence-corrected chi connectivity index (χ2v) is 8.65. The third-order valence-electron chi connectivity index (χ3n) is 6.89. The fourth-order valence-electron chi connectivity index (χ4n) is 4.98. The Morgan fingerprint density at radius 1 is 1.32 bits per heavy atom. The minimum absolute atomic E-state index is 0.126. The Hall–Kier alpha value is -2.79. The van der Waals surface area contributed by atoms with Crippen LogP contribution in [-0.2, 0) is 0 Å². The Labute approximate surface area is 182 Å². The molecular formula is C23H31N5O3. The molecule has 8 nitrogen and oxygen atoms in total. The zero-order chi connectivity index (χ0) is 22.1. The van der Waals surface area contributed by atoms with Gasteiger partial charge in [0.25, 0.3) is 5.56 Å². The lowest BCUT2D eigenvalue weighted by atomic mass is 9.99. The first-order valence-electron chi connectivity index (χ1n) is 11.2. The summed E-state index contributed by atoms with van der Waals surface area (Å²) in [7, 11) is 1.61. The van der Waals surface area contributed by atoms with Crippen LogP contribution >= 0.6 is 0 Å². The number of anilines is 1. The summed E-state index contributed by atoms with van der Waals surface area (Å²) in [6, 6.07) is 6.51. The normalized spacial score (nSPS) is 19.7. The molecule has 1 saturated heterocycles. The molecule has 1 aliphatic heterocycles. The van der Waals surface area contributed by atoms with Crippen molar-refractivity contribution in [2.75, 3.05) is 38.2 Å². The van der Waals surface area contributed by atoms with Crippen molar-refractivity contribution in [1.29, 1.82) is 5.26 Å². The number of ether oxygens (including phenoxy) is 1. The van der Waals surface area contributed by atoms with Crippen molar-refractivity contribution in [1.82, 2.24) is 14.5 Å². The average molecular weight is 426 g/mol. The van der Waals surface area contributed by atoms with Crippen LogP contribution in [0.2, 0.25) is 0 Å². The van der Waals surface area contributed by atoms with Crippen LogP contribution in [-0.4, -0.2) is 53.8 Å². The van der Waals surface area contributed by atoms with E-state index in [1.54, 1.807) is 11.7 Å². The van der Waals surface area contributed by atoms with Crippen molar-refractivity contribution in [3.05, 3.63) is 33.0 Å². The number of nitrogens with one attached hydrogen (secondary N) is 1. The van der Waals surface area contributed by atoms with Crippen LogP contribution in [0.5, 0.6) is 5.75 Å². The quantitative estimate of drug-likeness (QED) is 0.698. The molecule has 2 aromatic rings. The molecule has 0 bridgehead atoms. The van der Waals surface area contributed by atoms with Gasteiger partial charge in [0.1, 0.15) is 5.52 Å². The number of aromatic amines is 1. The van der Waals surface area contributed by atoms with Crippen LogP contribution in [0, 0.1) is 17.2 Å². The monoisotopic (exact) mass is 425 g/mol. The van der Waals surface area contributed by atoms with Gasteiger partial charge in [0, 0.05) is 38.1 Å². The number of benzene rings is 1. The Morgan fingerprint density at radius 3 is 2.74 bits per heavy atom. The predicted octanol–water partition coefficient (Wildman–Crippen LogP) is 2.48. The van der Waals surface area contributed by atoms with Gasteiger partial charge in [-0.2, -0.15) is 5.26 Å². The first kappa shape index (κ1) is 21.4. The molecular weight excluding hydrogens is 394 g/mol. The van der Waals surface area contributed by atoms with E-state index in [1.807, 2.05) is 12.1 Å². The highest BCUT2D eigenvalue weighted by molar-refractivity contribution is 5.90. The van der Waals surface area contributed by atoms with Crippen LogP contribution in [0.3, 0.4) is 0 Å². The van der Waals surface area contributed by atoms with Gasteiger partial charge >= 0.3 is 5.69 Å². The highest BCUT2D eigenvalue weighted by Gasteiger charge is 2.33. The molecule has 1 N–H and O–H groups in total. The molecule has 166 valence electrons. The number of aromatic nitrogens is 2. The van der Waals surface area contributed by atoms with E-state index in [0.29, 0.717) is 35.0 Å². The Balaban J connectivity index is 1.68. The lowest BCUT2D eigenvalue weighted by Crippen LogP contribution is -2.40. The van der Waals surface area contributed by atoms with Crippen LogP contribution < -0.4 is 20.9 Å². The standard InChI is InChI=1S/C23H31N5O3/c1-4-26(12-5-11-24)15(2)16-10-13-27(14-16)19-9-8-18-20(21(19)31-3)28(17-6-7-17)23(30)25-22(18)29/h8-9,15-17H,4-7,10,12-14H2,1-3H3,(H,25,29,30). The lowest BCUT2D eigenvalue weighted by Gasteiger charge is -2.32. The van der Waals surface area contributed by atoms with Crippen LogP contribution in [0.25, 0.3) is 10.9 Å². The summed E-state index contributed by atoms with van der Waals surface area (Å²) in [6.07, 6.45) is 3.47. The predicted molar refractivity (Wildman–Crippen MR) is 121 cm³/mol. The molecule has 0 amide bonds. The number of hydrogen-bond acceptors (Lipinski definition) is 6. The van der Waals surface area contributed by atoms with Gasteiger partial charge < -0.3 is 9.64 Å². The van der Waals surface area contributed by atoms with Crippen LogP contribution in [0.15, 0.2) is 21.7 Å². The highest BCUT2D eigenvalue weighted by Crippen LogP contribution is 2.42. The Morgan fingerprint density at radius 2 is 2.10 bits per heavy atom. The molecule has 2 fully saturated rings. The highest BCUT2D eigenvalue weighted by atomic mass is 16.5. The SMILES string of the molecule is CCN(CCC#N)C(C)C1CCN(c2ccc3c(=O)[nH]c(=O)n(C4CC4)c3c2OC)C1. The molecule has 0 spiro atoms. The van der Waals surface area contributed by atoms with Gasteiger partial charge in [0.05, 0.1) is 24.3 Å². The van der Waals surface area contributed by atoms with Crippen molar-refractivity contribution in [3.8, 4) is 11.8 Å². The minimum atomic E-state index is -0.370. The summed E-state index contributed by atoms with van der Waals surface area (Å²) in [4.78, 5) is 32.2. The second kappa shape index (κ2) is 8.75. The van der Waals surface area contributed by atoms with E-state index in [-0.39, 0.29) is 17.3 Å². The van der Waals surface area contributed by atoms with Gasteiger partial charge in [-0.05, 0) is 50.8 Å². The zero-order valence-corrected chi connectivity index (χ0v) is 18.6. The van der Waals surface area contributed by atoms with Crippen molar-refractivity contribution in [3.63, 3.8) is 0 Å². The van der Waals surface area contributed by atoms with Crippen molar-refractivity contribution in [2.24, 2.45) is 5.92 Å². The zero-order valence-electron chi connectivity index (χ0n) is 18.6. The fourth-order valence-corrected chi connectivity index (χ4v) is 4.98. The fraction of sp³-hybridized carbons (Fsp3) is 0.609. The molecule has 2 unspecified atom stereocenters. The summed E-state index contributed by atoms with van der Waals surface area (Å²) in [5, 5.41) is 9.44. The van der Waals surface area contributed by atoms with Gasteiger partial charge in [-0.25, -0.2) is 4.79 Å². The molecule has 2 heterocycles. The van der Waals surface area contributed by atoms with Gasteiger partial charge in [-0.15, -0.1) is 0 Å². The van der Waals surface area contributed by atoms with Gasteiger partial charge in [0.15, 0.2) is 5.75 Å². The smallest absolute Gasteiger partial charge is 0.329 e. The number of H-pyrrole nitrogens is 1. The summed E-state index contributed by atoms with van der Waals surface area (Å²) < 4.78 is 7.52. The number of rotatable bonds is 8. The summed E-state index contributed by atoms with van der Waals surface area (Å²) in [6.45, 7) is 7.88. The third-order valence-corrected chi connectivity index (χ3v) is 6.89. The summed E-state index contributed by atoms with van der Waals surface area (Å²) in [5.74, 6) is 1.08. The van der Waals surface area contributed by atoms with E-state index >= 15 is 0 Å². The number of nitrogens with zero attached hydrogens (tertiary/aromatic N) is 4. The molecule has 1 aromatic heterocycles. The lowest BCUT2D eigenvalue weighted by molar-refractivity contribution is 0.173. The first-order chi connectivity index (χ1) is 15.0. The molecule has 4 rings (SSSR count). The Kier molecular flexibility index (Phi) is 6.05. The van der Waals surface area contributed by atoms with E-state index in [4.69, 9.17) is 10.00 Å². The van der Waals surface area contributed by atoms with E-state index in [9.17, 15) is 9.59 Å². The number of methoxy groups -OCH3 is 1. The van der Waals surface area contributed by atoms with E-state index in [1.165, 1.54) is 0 Å². The maximum atomic E-state index is 12.6. The molecule has 31 heavy (non-hydrogen) atoms. The average Bonchev–Trinajstić information content (AvgIpc) is 3.48. The molecule has 1 aliphatic carbocycles. The van der Waals surface area contributed by atoms with Gasteiger partial charge in [-0.3, -0.25) is 19.2 Å². The molecule has 1 saturated carbocycles. The van der Waals surface area contributed by atoms with Crippen LogP contribution in [0.4, 0.5) is 5.69 Å². The Bertz CT molecular complexity index is 1110. The van der Waals surface area contributed by atoms with E-state index in [2.05, 4.69) is 34.7 Å². The molecule has 1 aromatic carbocycles. The molecule has 8 heteroatoms. The van der Waals surface area contributed by atoms with E-state index in [0.717, 1.165) is 51.1 Å². The molecule has 2 atom stereocenters.